The predicted octanol–water partition coefficient (Wildman–Crippen LogP) is 7.47. The second-order valence-electron chi connectivity index (χ2n) is 11.2. The first-order valence-corrected chi connectivity index (χ1v) is 17.8. The number of hydrogen-bond donors (Lipinski definition) is 1. The summed E-state index contributed by atoms with van der Waals surface area (Å²) in [5.41, 5.74) is 3.90. The van der Waals surface area contributed by atoms with E-state index in [1.807, 2.05) is 81.4 Å². The van der Waals surface area contributed by atoms with Crippen LogP contribution in [0.1, 0.15) is 42.0 Å². The van der Waals surface area contributed by atoms with Gasteiger partial charge >= 0.3 is 0 Å². The standard InChI is InChI=1S/C36H39BrClN3O4S/c1-4-5-21-39-36(43)34(23-28-9-7-6-8-10-28)40(24-29-12-14-30(37)15-13-29)35(42)25-41(32-18-11-26(2)27(3)22-32)46(44,45)33-19-16-31(38)17-20-33/h6-20,22,34H,4-5,21,23-25H2,1-3H3,(H,39,43)/t34-/m0/s1. The zero-order valence-corrected chi connectivity index (χ0v) is 29.4. The van der Waals surface area contributed by atoms with E-state index in [1.165, 1.54) is 29.2 Å². The summed E-state index contributed by atoms with van der Waals surface area (Å²) in [5, 5.41) is 3.40. The number of sulfonamides is 1. The van der Waals surface area contributed by atoms with E-state index in [0.29, 0.717) is 17.3 Å². The number of anilines is 1. The summed E-state index contributed by atoms with van der Waals surface area (Å²) in [7, 11) is -4.21. The van der Waals surface area contributed by atoms with Gasteiger partial charge in [-0.15, -0.1) is 0 Å². The van der Waals surface area contributed by atoms with Crippen LogP contribution < -0.4 is 9.62 Å². The van der Waals surface area contributed by atoms with E-state index in [4.69, 9.17) is 11.6 Å². The van der Waals surface area contributed by atoms with Gasteiger partial charge in [-0.2, -0.15) is 0 Å². The summed E-state index contributed by atoms with van der Waals surface area (Å²) in [6.07, 6.45) is 1.96. The third kappa shape index (κ3) is 9.21. The fraction of sp³-hybridized carbons (Fsp3) is 0.278. The molecule has 0 aliphatic rings. The van der Waals surface area contributed by atoms with Gasteiger partial charge in [0, 0.05) is 29.0 Å². The van der Waals surface area contributed by atoms with Crippen molar-refractivity contribution in [2.24, 2.45) is 0 Å². The molecule has 4 rings (SSSR count). The van der Waals surface area contributed by atoms with Gasteiger partial charge in [-0.05, 0) is 91.1 Å². The number of nitrogens with one attached hydrogen (secondary N) is 1. The molecule has 0 saturated carbocycles. The smallest absolute Gasteiger partial charge is 0.264 e. The molecule has 0 fully saturated rings. The zero-order valence-electron chi connectivity index (χ0n) is 26.2. The summed E-state index contributed by atoms with van der Waals surface area (Å²) >= 11 is 9.54. The molecule has 0 saturated heterocycles. The van der Waals surface area contributed by atoms with E-state index in [2.05, 4.69) is 21.2 Å². The Labute approximate surface area is 285 Å². The van der Waals surface area contributed by atoms with Crippen LogP contribution in [0.2, 0.25) is 5.02 Å². The van der Waals surface area contributed by atoms with Crippen molar-refractivity contribution < 1.29 is 18.0 Å². The number of unbranched alkanes of at least 4 members (excludes halogenated alkanes) is 1. The van der Waals surface area contributed by atoms with Crippen LogP contribution in [-0.4, -0.2) is 44.3 Å². The Hall–Kier alpha value is -3.66. The molecule has 1 atom stereocenters. The van der Waals surface area contributed by atoms with Gasteiger partial charge in [-0.1, -0.05) is 89.4 Å². The average Bonchev–Trinajstić information content (AvgIpc) is 3.04. The van der Waals surface area contributed by atoms with Crippen molar-refractivity contribution >= 4 is 55.1 Å². The third-order valence-electron chi connectivity index (χ3n) is 7.83. The third-order valence-corrected chi connectivity index (χ3v) is 10.4. The largest absolute Gasteiger partial charge is 0.354 e. The van der Waals surface area contributed by atoms with E-state index in [9.17, 15) is 18.0 Å². The van der Waals surface area contributed by atoms with Crippen LogP contribution >= 0.6 is 27.5 Å². The van der Waals surface area contributed by atoms with Crippen LogP contribution in [0.5, 0.6) is 0 Å². The highest BCUT2D eigenvalue weighted by Gasteiger charge is 2.34. The number of hydrogen-bond acceptors (Lipinski definition) is 4. The quantitative estimate of drug-likeness (QED) is 0.137. The fourth-order valence-corrected chi connectivity index (χ4v) is 6.79. The number of nitrogens with zero attached hydrogens (tertiary/aromatic N) is 2. The Morgan fingerprint density at radius 3 is 2.17 bits per heavy atom. The summed E-state index contributed by atoms with van der Waals surface area (Å²) in [6.45, 7) is 5.93. The highest BCUT2D eigenvalue weighted by atomic mass is 79.9. The normalized spacial score (nSPS) is 11.9. The van der Waals surface area contributed by atoms with Gasteiger partial charge in [0.2, 0.25) is 11.8 Å². The van der Waals surface area contributed by atoms with Crippen LogP contribution in [0.25, 0.3) is 0 Å². The molecular formula is C36H39BrClN3O4S. The number of rotatable bonds is 14. The molecule has 1 N–H and O–H groups in total. The molecule has 0 heterocycles. The molecule has 0 radical (unpaired) electrons. The van der Waals surface area contributed by atoms with Gasteiger partial charge in [0.25, 0.3) is 10.0 Å². The highest BCUT2D eigenvalue weighted by Crippen LogP contribution is 2.28. The molecule has 0 spiro atoms. The van der Waals surface area contributed by atoms with Gasteiger partial charge in [0.05, 0.1) is 10.6 Å². The summed E-state index contributed by atoms with van der Waals surface area (Å²) in [6, 6.07) is 27.3. The Morgan fingerprint density at radius 2 is 1.54 bits per heavy atom. The lowest BCUT2D eigenvalue weighted by atomic mass is 10.0. The van der Waals surface area contributed by atoms with Crippen molar-refractivity contribution in [3.8, 4) is 0 Å². The Bertz CT molecular complexity index is 1730. The van der Waals surface area contributed by atoms with E-state index in [-0.39, 0.29) is 23.8 Å². The molecule has 0 bridgehead atoms. The molecule has 4 aromatic carbocycles. The van der Waals surface area contributed by atoms with Crippen LogP contribution in [0, 0.1) is 13.8 Å². The molecule has 0 aliphatic carbocycles. The van der Waals surface area contributed by atoms with Crippen LogP contribution in [-0.2, 0) is 32.6 Å². The Balaban J connectivity index is 1.80. The second kappa shape index (κ2) is 16.3. The van der Waals surface area contributed by atoms with Gasteiger partial charge in [0.15, 0.2) is 0 Å². The Kier molecular flexibility index (Phi) is 12.4. The molecule has 4 aromatic rings. The lowest BCUT2D eigenvalue weighted by molar-refractivity contribution is -0.140. The monoisotopic (exact) mass is 723 g/mol. The summed E-state index contributed by atoms with van der Waals surface area (Å²) in [4.78, 5) is 29.9. The van der Waals surface area contributed by atoms with E-state index >= 15 is 0 Å². The number of carbonyl (C=O) groups excluding carboxylic acids is 2. The maximum absolute atomic E-state index is 14.6. The van der Waals surface area contributed by atoms with Crippen LogP contribution in [0.4, 0.5) is 5.69 Å². The first kappa shape index (κ1) is 35.2. The SMILES string of the molecule is CCCCNC(=O)[C@H](Cc1ccccc1)N(Cc1ccc(Br)cc1)C(=O)CN(c1ccc(C)c(C)c1)S(=O)(=O)c1ccc(Cl)cc1. The molecule has 242 valence electrons. The second-order valence-corrected chi connectivity index (χ2v) is 14.4. The molecule has 0 unspecified atom stereocenters. The number of aryl methyl sites for hydroxylation is 2. The number of carbonyl (C=O) groups is 2. The minimum Gasteiger partial charge on any atom is -0.354 e. The summed E-state index contributed by atoms with van der Waals surface area (Å²) < 4.78 is 30.4. The van der Waals surface area contributed by atoms with Crippen molar-refractivity contribution in [2.45, 2.75) is 57.5 Å². The van der Waals surface area contributed by atoms with Gasteiger partial charge in [0.1, 0.15) is 12.6 Å². The van der Waals surface area contributed by atoms with Gasteiger partial charge < -0.3 is 10.2 Å². The number of benzene rings is 4. The molecule has 10 heteroatoms. The minimum atomic E-state index is -4.21. The van der Waals surface area contributed by atoms with Gasteiger partial charge in [-0.25, -0.2) is 8.42 Å². The topological polar surface area (TPSA) is 86.8 Å². The average molecular weight is 725 g/mol. The lowest BCUT2D eigenvalue weighted by Crippen LogP contribution is -2.53. The molecule has 46 heavy (non-hydrogen) atoms. The number of amides is 2. The van der Waals surface area contributed by atoms with Crippen molar-refractivity contribution in [1.29, 1.82) is 0 Å². The van der Waals surface area contributed by atoms with Crippen LogP contribution in [0.15, 0.2) is 106 Å². The first-order chi connectivity index (χ1) is 22.0. The van der Waals surface area contributed by atoms with Crippen molar-refractivity contribution in [3.63, 3.8) is 0 Å². The van der Waals surface area contributed by atoms with E-state index in [0.717, 1.165) is 43.9 Å². The maximum atomic E-state index is 14.6. The van der Waals surface area contributed by atoms with Gasteiger partial charge in [-0.3, -0.25) is 13.9 Å². The zero-order chi connectivity index (χ0) is 33.3. The predicted molar refractivity (Wildman–Crippen MR) is 188 cm³/mol. The van der Waals surface area contributed by atoms with Crippen LogP contribution in [0.3, 0.4) is 0 Å². The minimum absolute atomic E-state index is 0.000492. The maximum Gasteiger partial charge on any atom is 0.264 e. The van der Waals surface area contributed by atoms with E-state index < -0.39 is 28.5 Å². The molecule has 0 aliphatic heterocycles. The van der Waals surface area contributed by atoms with E-state index in [1.54, 1.807) is 12.1 Å². The molecule has 7 nitrogen and oxygen atoms in total. The van der Waals surface area contributed by atoms with Crippen molar-refractivity contribution in [1.82, 2.24) is 10.2 Å². The van der Waals surface area contributed by atoms with Crippen molar-refractivity contribution in [2.75, 3.05) is 17.4 Å². The Morgan fingerprint density at radius 1 is 0.870 bits per heavy atom. The highest BCUT2D eigenvalue weighted by molar-refractivity contribution is 9.10. The van der Waals surface area contributed by atoms with Crippen molar-refractivity contribution in [3.05, 3.63) is 129 Å². The summed E-state index contributed by atoms with van der Waals surface area (Å²) in [5.74, 6) is -0.800. The first-order valence-electron chi connectivity index (χ1n) is 15.2. The fourth-order valence-electron chi connectivity index (χ4n) is 4.99. The molecule has 0 aromatic heterocycles. The lowest BCUT2D eigenvalue weighted by Gasteiger charge is -2.34. The molecular weight excluding hydrogens is 686 g/mol. The molecule has 2 amide bonds. The number of halogens is 2.